The summed E-state index contributed by atoms with van der Waals surface area (Å²) in [6.45, 7) is 6.28. The molecule has 2 saturated heterocycles. The third-order valence-electron chi connectivity index (χ3n) is 5.61. The zero-order valence-electron chi connectivity index (χ0n) is 14.9. The third kappa shape index (κ3) is 3.62. The molecule has 3 heterocycles. The van der Waals surface area contributed by atoms with Crippen molar-refractivity contribution in [2.75, 3.05) is 19.7 Å². The number of fused-ring (bicyclic) bond motifs is 1. The largest absolute Gasteiger partial charge is 0.375 e. The predicted molar refractivity (Wildman–Crippen MR) is 92.3 cm³/mol. The molecule has 2 aliphatic heterocycles. The fourth-order valence-electron chi connectivity index (χ4n) is 4.14. The number of nitrogens with one attached hydrogen (secondary N) is 1. The van der Waals surface area contributed by atoms with Crippen molar-refractivity contribution in [3.05, 3.63) is 27.9 Å². The number of ether oxygens (including phenoxy) is 1. The molecule has 0 radical (unpaired) electrons. The van der Waals surface area contributed by atoms with E-state index in [-0.39, 0.29) is 24.2 Å². The van der Waals surface area contributed by atoms with Crippen molar-refractivity contribution >= 4 is 5.91 Å². The second-order valence-corrected chi connectivity index (χ2v) is 7.72. The van der Waals surface area contributed by atoms with E-state index in [1.807, 2.05) is 13.0 Å². The highest BCUT2D eigenvalue weighted by molar-refractivity contribution is 5.76. The van der Waals surface area contributed by atoms with Gasteiger partial charge in [0.2, 0.25) is 5.91 Å². The molecule has 136 valence electrons. The Morgan fingerprint density at radius 2 is 2.16 bits per heavy atom. The van der Waals surface area contributed by atoms with Crippen molar-refractivity contribution in [2.24, 2.45) is 5.92 Å². The maximum absolute atomic E-state index is 12.4. The molecule has 4 rings (SSSR count). The van der Waals surface area contributed by atoms with E-state index in [0.29, 0.717) is 17.8 Å². The topological polar surface area (TPSA) is 76.5 Å². The van der Waals surface area contributed by atoms with Gasteiger partial charge in [0.15, 0.2) is 0 Å². The monoisotopic (exact) mass is 346 g/mol. The molecule has 0 unspecified atom stereocenters. The van der Waals surface area contributed by atoms with Crippen LogP contribution in [0, 0.1) is 19.8 Å². The van der Waals surface area contributed by atoms with Crippen molar-refractivity contribution < 1.29 is 9.53 Å². The van der Waals surface area contributed by atoms with E-state index < -0.39 is 0 Å². The van der Waals surface area contributed by atoms with Gasteiger partial charge in [-0.05, 0) is 45.1 Å². The molecule has 1 N–H and O–H groups in total. The average molecular weight is 346 g/mol. The van der Waals surface area contributed by atoms with Crippen LogP contribution in [0.3, 0.4) is 0 Å². The lowest BCUT2D eigenvalue weighted by Gasteiger charge is -2.35. The molecule has 3 atom stereocenters. The molecular weight excluding hydrogens is 320 g/mol. The van der Waals surface area contributed by atoms with E-state index in [9.17, 15) is 9.59 Å². The van der Waals surface area contributed by atoms with Gasteiger partial charge in [-0.3, -0.25) is 14.3 Å². The first kappa shape index (κ1) is 16.7. The van der Waals surface area contributed by atoms with E-state index in [1.54, 1.807) is 6.92 Å². The molecule has 3 fully saturated rings. The maximum atomic E-state index is 12.4. The zero-order valence-corrected chi connectivity index (χ0v) is 14.9. The van der Waals surface area contributed by atoms with Crippen molar-refractivity contribution in [3.63, 3.8) is 0 Å². The van der Waals surface area contributed by atoms with E-state index in [4.69, 9.17) is 4.74 Å². The molecule has 1 aromatic rings. The number of amides is 1. The number of morpholine rings is 1. The predicted octanol–water partition coefficient (Wildman–Crippen LogP) is 0.228. The molecule has 0 bridgehead atoms. The van der Waals surface area contributed by atoms with Crippen LogP contribution in [0.1, 0.15) is 30.7 Å². The van der Waals surface area contributed by atoms with E-state index >= 15 is 0 Å². The van der Waals surface area contributed by atoms with E-state index in [0.717, 1.165) is 37.7 Å². The number of aromatic nitrogens is 2. The molecule has 1 saturated carbocycles. The highest BCUT2D eigenvalue weighted by Crippen LogP contribution is 2.37. The summed E-state index contributed by atoms with van der Waals surface area (Å²) in [7, 11) is 0. The Labute approximate surface area is 147 Å². The van der Waals surface area contributed by atoms with Crippen molar-refractivity contribution in [1.82, 2.24) is 19.8 Å². The Morgan fingerprint density at radius 1 is 1.36 bits per heavy atom. The van der Waals surface area contributed by atoms with Crippen LogP contribution in [0.15, 0.2) is 10.9 Å². The van der Waals surface area contributed by atoms with Crippen LogP contribution in [-0.2, 0) is 16.1 Å². The van der Waals surface area contributed by atoms with Crippen LogP contribution in [0.4, 0.5) is 0 Å². The molecule has 7 nitrogen and oxygen atoms in total. The van der Waals surface area contributed by atoms with Crippen molar-refractivity contribution in [2.45, 2.75) is 57.8 Å². The summed E-state index contributed by atoms with van der Waals surface area (Å²) >= 11 is 0. The molecule has 1 amide bonds. The second kappa shape index (κ2) is 6.53. The second-order valence-electron chi connectivity index (χ2n) is 7.72. The number of carbonyl (C=O) groups excluding carboxylic acids is 1. The number of hydrogen-bond acceptors (Lipinski definition) is 5. The van der Waals surface area contributed by atoms with Gasteiger partial charge in [0.1, 0.15) is 6.54 Å². The number of aryl methyl sites for hydroxylation is 2. The first-order valence-corrected chi connectivity index (χ1v) is 9.19. The lowest BCUT2D eigenvalue weighted by molar-refractivity contribution is -0.122. The number of carbonyl (C=O) groups is 1. The minimum absolute atomic E-state index is 0.0281. The summed E-state index contributed by atoms with van der Waals surface area (Å²) in [6.07, 6.45) is 3.89. The van der Waals surface area contributed by atoms with Gasteiger partial charge in [-0.2, -0.15) is 4.98 Å². The van der Waals surface area contributed by atoms with Gasteiger partial charge in [-0.1, -0.05) is 0 Å². The summed E-state index contributed by atoms with van der Waals surface area (Å²) < 4.78 is 7.43. The summed E-state index contributed by atoms with van der Waals surface area (Å²) in [5.41, 5.74) is 1.08. The molecule has 1 aliphatic carbocycles. The SMILES string of the molecule is Cc1cc(C)n(CC(=O)N[C@H]2C[C@H]3CO[C@@H](C4CC4)CN3C2)c(=O)n1. The van der Waals surface area contributed by atoms with Gasteiger partial charge in [0.05, 0.1) is 12.7 Å². The van der Waals surface area contributed by atoms with E-state index in [1.165, 1.54) is 17.4 Å². The quantitative estimate of drug-likeness (QED) is 0.844. The van der Waals surface area contributed by atoms with Crippen LogP contribution in [0.25, 0.3) is 0 Å². The first-order valence-electron chi connectivity index (χ1n) is 9.19. The summed E-state index contributed by atoms with van der Waals surface area (Å²) in [5.74, 6) is 0.624. The van der Waals surface area contributed by atoms with Crippen molar-refractivity contribution in [3.8, 4) is 0 Å². The normalized spacial score (nSPS) is 29.4. The Balaban J connectivity index is 1.34. The highest BCUT2D eigenvalue weighted by Gasteiger charge is 2.42. The zero-order chi connectivity index (χ0) is 17.6. The van der Waals surface area contributed by atoms with Crippen LogP contribution >= 0.6 is 0 Å². The lowest BCUT2D eigenvalue weighted by Crippen LogP contribution is -2.47. The van der Waals surface area contributed by atoms with Crippen LogP contribution in [0.5, 0.6) is 0 Å². The number of hydrogen-bond donors (Lipinski definition) is 1. The lowest BCUT2D eigenvalue weighted by atomic mass is 10.1. The van der Waals surface area contributed by atoms with E-state index in [2.05, 4.69) is 15.2 Å². The highest BCUT2D eigenvalue weighted by atomic mass is 16.5. The summed E-state index contributed by atoms with van der Waals surface area (Å²) in [5, 5.41) is 3.09. The van der Waals surface area contributed by atoms with Crippen LogP contribution in [0.2, 0.25) is 0 Å². The fraction of sp³-hybridized carbons (Fsp3) is 0.722. The molecule has 25 heavy (non-hydrogen) atoms. The van der Waals surface area contributed by atoms with Crippen LogP contribution < -0.4 is 11.0 Å². The maximum Gasteiger partial charge on any atom is 0.348 e. The average Bonchev–Trinajstić information content (AvgIpc) is 3.31. The van der Waals surface area contributed by atoms with Crippen LogP contribution in [-0.4, -0.2) is 58.2 Å². The standard InChI is InChI=1S/C18H26N4O3/c1-11-5-12(2)22(18(24)19-11)9-17(23)20-14-6-15-10-25-16(13-3-4-13)8-21(15)7-14/h5,13-16H,3-4,6-10H2,1-2H3,(H,20,23)/t14-,15-,16+/m0/s1. The molecule has 3 aliphatic rings. The summed E-state index contributed by atoms with van der Waals surface area (Å²) in [6, 6.07) is 2.36. The Kier molecular flexibility index (Phi) is 4.37. The minimum atomic E-state index is -0.364. The smallest absolute Gasteiger partial charge is 0.348 e. The Bertz CT molecular complexity index is 728. The number of rotatable bonds is 4. The van der Waals surface area contributed by atoms with Gasteiger partial charge in [-0.15, -0.1) is 0 Å². The molecule has 0 spiro atoms. The third-order valence-corrected chi connectivity index (χ3v) is 5.61. The Morgan fingerprint density at radius 3 is 2.88 bits per heavy atom. The Hall–Kier alpha value is -1.73. The summed E-state index contributed by atoms with van der Waals surface area (Å²) in [4.78, 5) is 30.8. The number of nitrogens with zero attached hydrogens (tertiary/aromatic N) is 3. The van der Waals surface area contributed by atoms with Gasteiger partial charge in [0, 0.05) is 36.6 Å². The molecule has 0 aromatic carbocycles. The molecule has 1 aromatic heterocycles. The molecular formula is C18H26N4O3. The van der Waals surface area contributed by atoms with Gasteiger partial charge in [0.25, 0.3) is 0 Å². The van der Waals surface area contributed by atoms with Gasteiger partial charge in [-0.25, -0.2) is 4.79 Å². The minimum Gasteiger partial charge on any atom is -0.375 e. The first-order chi connectivity index (χ1) is 12.0. The molecule has 7 heteroatoms. The van der Waals surface area contributed by atoms with Crippen molar-refractivity contribution in [1.29, 1.82) is 0 Å². The fourth-order valence-corrected chi connectivity index (χ4v) is 4.14. The van der Waals surface area contributed by atoms with Gasteiger partial charge >= 0.3 is 5.69 Å². The van der Waals surface area contributed by atoms with Gasteiger partial charge < -0.3 is 10.1 Å².